The minimum atomic E-state index is 0.140. The summed E-state index contributed by atoms with van der Waals surface area (Å²) in [6, 6.07) is 14.4. The van der Waals surface area contributed by atoms with Gasteiger partial charge in [0, 0.05) is 30.2 Å². The van der Waals surface area contributed by atoms with E-state index in [4.69, 9.17) is 16.6 Å². The largest absolute Gasteiger partial charge is 0.300 e. The molecule has 0 saturated carbocycles. The molecule has 1 fully saturated rings. The van der Waals surface area contributed by atoms with Crippen LogP contribution in [0.1, 0.15) is 59.7 Å². The summed E-state index contributed by atoms with van der Waals surface area (Å²) in [6.45, 7) is 2.12. The number of hydrogen-bond donors (Lipinski definition) is 1. The molecule has 27 heavy (non-hydrogen) atoms. The van der Waals surface area contributed by atoms with Gasteiger partial charge in [-0.25, -0.2) is 0 Å². The van der Waals surface area contributed by atoms with Crippen molar-refractivity contribution in [2.75, 3.05) is 0 Å². The Morgan fingerprint density at radius 3 is 2.52 bits per heavy atom. The van der Waals surface area contributed by atoms with E-state index in [9.17, 15) is 0 Å². The summed E-state index contributed by atoms with van der Waals surface area (Å²) in [5, 5.41) is 4.45. The first-order valence-corrected chi connectivity index (χ1v) is 9.81. The lowest BCUT2D eigenvalue weighted by molar-refractivity contribution is 0.320. The standard InChI is InChI=1S/C22H23ClN4/c1-15-6-5-13-25-21(15)19-8-4-9-20(27-19)22-18(23)11-10-17(26-22)14-16-7-2-3-12-24-16/h2-3,5-7,10-13,19-20,27H,4,8-9,14H2,1H3/t19-,20+/m0/s1. The summed E-state index contributed by atoms with van der Waals surface area (Å²) in [6.07, 6.45) is 7.63. The Morgan fingerprint density at radius 2 is 1.74 bits per heavy atom. The van der Waals surface area contributed by atoms with E-state index in [2.05, 4.69) is 28.3 Å². The summed E-state index contributed by atoms with van der Waals surface area (Å²) in [4.78, 5) is 13.9. The maximum atomic E-state index is 6.52. The molecule has 0 bridgehead atoms. The molecule has 1 aliphatic heterocycles. The molecule has 3 aromatic rings. The Kier molecular flexibility index (Phi) is 5.46. The van der Waals surface area contributed by atoms with Crippen LogP contribution >= 0.6 is 11.6 Å². The van der Waals surface area contributed by atoms with Crippen molar-refractivity contribution < 1.29 is 0 Å². The number of nitrogens with zero attached hydrogens (tertiary/aromatic N) is 3. The van der Waals surface area contributed by atoms with Crippen LogP contribution in [0.3, 0.4) is 0 Å². The zero-order chi connectivity index (χ0) is 18.6. The molecular weight excluding hydrogens is 356 g/mol. The van der Waals surface area contributed by atoms with Crippen LogP contribution in [0.25, 0.3) is 0 Å². The van der Waals surface area contributed by atoms with Gasteiger partial charge >= 0.3 is 0 Å². The normalized spacial score (nSPS) is 19.8. The smallest absolute Gasteiger partial charge is 0.0762 e. The Balaban J connectivity index is 1.57. The zero-order valence-electron chi connectivity index (χ0n) is 15.4. The predicted molar refractivity (Wildman–Crippen MR) is 108 cm³/mol. The number of nitrogens with one attached hydrogen (secondary N) is 1. The van der Waals surface area contributed by atoms with Gasteiger partial charge in [0.15, 0.2) is 0 Å². The fraction of sp³-hybridized carbons (Fsp3) is 0.318. The molecule has 1 aliphatic rings. The Labute approximate surface area is 165 Å². The molecule has 2 atom stereocenters. The van der Waals surface area contributed by atoms with Crippen LogP contribution in [0.2, 0.25) is 5.02 Å². The third-order valence-corrected chi connectivity index (χ3v) is 5.44. The lowest BCUT2D eigenvalue weighted by Gasteiger charge is -2.31. The van der Waals surface area contributed by atoms with Crippen LogP contribution < -0.4 is 5.32 Å². The van der Waals surface area contributed by atoms with Gasteiger partial charge in [0.1, 0.15) is 0 Å². The Morgan fingerprint density at radius 1 is 0.926 bits per heavy atom. The first kappa shape index (κ1) is 18.1. The number of hydrogen-bond acceptors (Lipinski definition) is 4. The van der Waals surface area contributed by atoms with Gasteiger partial charge in [0.05, 0.1) is 28.5 Å². The van der Waals surface area contributed by atoms with Gasteiger partial charge in [0.25, 0.3) is 0 Å². The second kappa shape index (κ2) is 8.15. The van der Waals surface area contributed by atoms with Gasteiger partial charge in [-0.05, 0) is 62.1 Å². The second-order valence-corrected chi connectivity index (χ2v) is 7.48. The molecule has 0 spiro atoms. The average molecular weight is 379 g/mol. The van der Waals surface area contributed by atoms with E-state index in [1.165, 1.54) is 5.56 Å². The van der Waals surface area contributed by atoms with E-state index in [1.54, 1.807) is 0 Å². The predicted octanol–water partition coefficient (Wildman–Crippen LogP) is 4.98. The van der Waals surface area contributed by atoms with E-state index in [-0.39, 0.29) is 12.1 Å². The lowest BCUT2D eigenvalue weighted by atomic mass is 9.92. The molecule has 4 heterocycles. The minimum Gasteiger partial charge on any atom is -0.300 e. The number of piperidine rings is 1. The lowest BCUT2D eigenvalue weighted by Crippen LogP contribution is -2.32. The highest BCUT2D eigenvalue weighted by Crippen LogP contribution is 2.34. The van der Waals surface area contributed by atoms with Crippen molar-refractivity contribution in [2.45, 2.75) is 44.7 Å². The summed E-state index contributed by atoms with van der Waals surface area (Å²) < 4.78 is 0. The summed E-state index contributed by atoms with van der Waals surface area (Å²) in [5.74, 6) is 0. The maximum Gasteiger partial charge on any atom is 0.0762 e. The van der Waals surface area contributed by atoms with Crippen LogP contribution in [-0.2, 0) is 6.42 Å². The van der Waals surface area contributed by atoms with Crippen molar-refractivity contribution in [1.29, 1.82) is 0 Å². The summed E-state index contributed by atoms with van der Waals surface area (Å²) >= 11 is 6.52. The number of rotatable bonds is 4. The van der Waals surface area contributed by atoms with Crippen molar-refractivity contribution in [1.82, 2.24) is 20.3 Å². The van der Waals surface area contributed by atoms with E-state index >= 15 is 0 Å². The molecular formula is C22H23ClN4. The molecule has 138 valence electrons. The molecule has 4 nitrogen and oxygen atoms in total. The summed E-state index contributed by atoms with van der Waals surface area (Å²) in [5.41, 5.74) is 5.29. The van der Waals surface area contributed by atoms with Gasteiger partial charge < -0.3 is 5.32 Å². The number of aromatic nitrogens is 3. The molecule has 0 unspecified atom stereocenters. The molecule has 0 aromatic carbocycles. The number of halogens is 1. The third-order valence-electron chi connectivity index (χ3n) is 5.12. The van der Waals surface area contributed by atoms with Crippen molar-refractivity contribution in [3.05, 3.63) is 88.2 Å². The number of pyridine rings is 3. The van der Waals surface area contributed by atoms with Crippen molar-refractivity contribution in [2.24, 2.45) is 0 Å². The third kappa shape index (κ3) is 4.18. The molecule has 1 saturated heterocycles. The molecule has 0 radical (unpaired) electrons. The van der Waals surface area contributed by atoms with Gasteiger partial charge in [-0.1, -0.05) is 23.7 Å². The molecule has 5 heteroatoms. The Bertz CT molecular complexity index is 913. The van der Waals surface area contributed by atoms with Crippen molar-refractivity contribution >= 4 is 11.6 Å². The second-order valence-electron chi connectivity index (χ2n) is 7.08. The topological polar surface area (TPSA) is 50.7 Å². The maximum absolute atomic E-state index is 6.52. The Hall–Kier alpha value is -2.30. The zero-order valence-corrected chi connectivity index (χ0v) is 16.2. The fourth-order valence-electron chi connectivity index (χ4n) is 3.76. The van der Waals surface area contributed by atoms with Crippen LogP contribution in [0.5, 0.6) is 0 Å². The highest BCUT2D eigenvalue weighted by Gasteiger charge is 2.27. The van der Waals surface area contributed by atoms with E-state index in [0.29, 0.717) is 6.42 Å². The van der Waals surface area contributed by atoms with Crippen molar-refractivity contribution in [3.8, 4) is 0 Å². The van der Waals surface area contributed by atoms with Crippen LogP contribution in [-0.4, -0.2) is 15.0 Å². The van der Waals surface area contributed by atoms with E-state index in [0.717, 1.165) is 47.1 Å². The highest BCUT2D eigenvalue weighted by molar-refractivity contribution is 6.31. The van der Waals surface area contributed by atoms with Gasteiger partial charge in [0.2, 0.25) is 0 Å². The molecule has 0 aliphatic carbocycles. The number of aryl methyl sites for hydroxylation is 1. The van der Waals surface area contributed by atoms with Crippen LogP contribution in [0.4, 0.5) is 0 Å². The van der Waals surface area contributed by atoms with Gasteiger partial charge in [-0.3, -0.25) is 15.0 Å². The first-order valence-electron chi connectivity index (χ1n) is 9.43. The highest BCUT2D eigenvalue weighted by atomic mass is 35.5. The van der Waals surface area contributed by atoms with E-state index < -0.39 is 0 Å². The van der Waals surface area contributed by atoms with Crippen molar-refractivity contribution in [3.63, 3.8) is 0 Å². The average Bonchev–Trinajstić information content (AvgIpc) is 2.71. The molecule has 3 aromatic heterocycles. The molecule has 1 N–H and O–H groups in total. The molecule has 0 amide bonds. The fourth-order valence-corrected chi connectivity index (χ4v) is 4.00. The quantitative estimate of drug-likeness (QED) is 0.695. The molecule has 4 rings (SSSR count). The van der Waals surface area contributed by atoms with Crippen LogP contribution in [0.15, 0.2) is 54.9 Å². The van der Waals surface area contributed by atoms with Gasteiger partial charge in [-0.2, -0.15) is 0 Å². The van der Waals surface area contributed by atoms with E-state index in [1.807, 2.05) is 48.8 Å². The van der Waals surface area contributed by atoms with Gasteiger partial charge in [-0.15, -0.1) is 0 Å². The summed E-state index contributed by atoms with van der Waals surface area (Å²) in [7, 11) is 0. The monoisotopic (exact) mass is 378 g/mol. The SMILES string of the molecule is Cc1cccnc1[C@@H]1CCC[C@H](c2nc(Cc3ccccn3)ccc2Cl)N1. The minimum absolute atomic E-state index is 0.140. The van der Waals surface area contributed by atoms with Crippen LogP contribution in [0, 0.1) is 6.92 Å². The first-order chi connectivity index (χ1) is 13.2.